The summed E-state index contributed by atoms with van der Waals surface area (Å²) in [6.45, 7) is 3.32. The number of carbonyl (C=O) groups excluding carboxylic acids is 1. The first kappa shape index (κ1) is 15.0. The normalized spacial score (nSPS) is 12.7. The maximum absolute atomic E-state index is 11.8. The van der Waals surface area contributed by atoms with Crippen molar-refractivity contribution >= 4 is 21.6 Å². The summed E-state index contributed by atoms with van der Waals surface area (Å²) in [4.78, 5) is 24.4. The fraction of sp³-hybridized carbons (Fsp3) is 0.400. The van der Waals surface area contributed by atoms with E-state index in [9.17, 15) is 23.3 Å². The first-order chi connectivity index (χ1) is 8.77. The molecule has 0 saturated heterocycles. The fourth-order valence-corrected chi connectivity index (χ4v) is 2.19. The molecule has 0 aliphatic rings. The van der Waals surface area contributed by atoms with Crippen LogP contribution in [0.5, 0.6) is 0 Å². The Hall–Kier alpha value is -2.03. The highest BCUT2D eigenvalue weighted by molar-refractivity contribution is 7.90. The van der Waals surface area contributed by atoms with Crippen LogP contribution < -0.4 is 4.72 Å². The number of rotatable bonds is 5. The fourth-order valence-electron chi connectivity index (χ4n) is 1.13. The molecule has 1 atom stereocenters. The number of amides is 1. The molecule has 0 radical (unpaired) electrons. The van der Waals surface area contributed by atoms with E-state index in [0.29, 0.717) is 6.42 Å². The monoisotopic (exact) mass is 287 g/mol. The number of carbonyl (C=O) groups is 1. The highest BCUT2D eigenvalue weighted by atomic mass is 32.2. The number of nitrogens with one attached hydrogen (secondary N) is 1. The molecule has 0 bridgehead atoms. The lowest BCUT2D eigenvalue weighted by Crippen LogP contribution is -2.34. The largest absolute Gasteiger partial charge is 0.288 e. The number of hydrogen-bond acceptors (Lipinski definition) is 6. The van der Waals surface area contributed by atoms with Crippen molar-refractivity contribution in [2.24, 2.45) is 5.92 Å². The van der Waals surface area contributed by atoms with E-state index in [1.54, 1.807) is 13.8 Å². The van der Waals surface area contributed by atoms with Gasteiger partial charge in [-0.2, -0.15) is 0 Å². The Morgan fingerprint density at radius 3 is 2.68 bits per heavy atom. The molecule has 0 spiro atoms. The van der Waals surface area contributed by atoms with Gasteiger partial charge in [-0.3, -0.25) is 19.9 Å². The number of nitrogens with zero attached hydrogens (tertiary/aromatic N) is 2. The van der Waals surface area contributed by atoms with Gasteiger partial charge in [0.25, 0.3) is 15.7 Å². The molecule has 1 rings (SSSR count). The van der Waals surface area contributed by atoms with Crippen molar-refractivity contribution in [3.8, 4) is 0 Å². The number of pyridine rings is 1. The Balaban J connectivity index is 3.04. The van der Waals surface area contributed by atoms with E-state index < -0.39 is 37.4 Å². The van der Waals surface area contributed by atoms with Crippen LogP contribution in [0.3, 0.4) is 0 Å². The van der Waals surface area contributed by atoms with Gasteiger partial charge < -0.3 is 0 Å². The summed E-state index contributed by atoms with van der Waals surface area (Å²) in [5.41, 5.74) is -0.459. The van der Waals surface area contributed by atoms with E-state index in [-0.39, 0.29) is 0 Å². The van der Waals surface area contributed by atoms with Crippen LogP contribution in [0.1, 0.15) is 20.3 Å². The second-order valence-electron chi connectivity index (χ2n) is 3.91. The molecule has 1 heterocycles. The third-order valence-electron chi connectivity index (χ3n) is 2.51. The molecule has 104 valence electrons. The third kappa shape index (κ3) is 3.71. The Labute approximate surface area is 110 Å². The summed E-state index contributed by atoms with van der Waals surface area (Å²) in [5, 5.41) is 10.5. The molecule has 1 aromatic heterocycles. The van der Waals surface area contributed by atoms with Crippen LogP contribution in [-0.4, -0.2) is 24.2 Å². The Kier molecular flexibility index (Phi) is 4.54. The minimum Gasteiger partial charge on any atom is -0.274 e. The lowest BCUT2D eigenvalue weighted by molar-refractivity contribution is -0.385. The van der Waals surface area contributed by atoms with E-state index in [1.165, 1.54) is 0 Å². The molecule has 8 nitrogen and oxygen atoms in total. The maximum atomic E-state index is 11.8. The average Bonchev–Trinajstić information content (AvgIpc) is 2.37. The second-order valence-corrected chi connectivity index (χ2v) is 5.60. The molecule has 19 heavy (non-hydrogen) atoms. The van der Waals surface area contributed by atoms with Gasteiger partial charge in [-0.05, 0) is 6.42 Å². The molecule has 1 aromatic rings. The number of aromatic nitrogens is 1. The number of nitro groups is 1. The molecule has 0 aliphatic carbocycles. The first-order valence-electron chi connectivity index (χ1n) is 5.44. The van der Waals surface area contributed by atoms with E-state index in [2.05, 4.69) is 4.98 Å². The zero-order chi connectivity index (χ0) is 14.6. The highest BCUT2D eigenvalue weighted by Crippen LogP contribution is 2.15. The molecule has 1 N–H and O–H groups in total. The summed E-state index contributed by atoms with van der Waals surface area (Å²) < 4.78 is 25.5. The zero-order valence-electron chi connectivity index (χ0n) is 10.4. The van der Waals surface area contributed by atoms with Crippen LogP contribution in [0, 0.1) is 16.0 Å². The minimum absolute atomic E-state index is 0.418. The predicted octanol–water partition coefficient (Wildman–Crippen LogP) is 0.841. The Bertz CT molecular complexity index is 599. The minimum atomic E-state index is -4.14. The highest BCUT2D eigenvalue weighted by Gasteiger charge is 2.23. The number of hydrogen-bond donors (Lipinski definition) is 1. The summed E-state index contributed by atoms with van der Waals surface area (Å²) in [6, 6.07) is 0.846. The van der Waals surface area contributed by atoms with Crippen molar-refractivity contribution in [3.05, 3.63) is 28.6 Å². The third-order valence-corrected chi connectivity index (χ3v) is 3.83. The molecule has 1 amide bonds. The molecule has 9 heteroatoms. The van der Waals surface area contributed by atoms with E-state index in [0.717, 1.165) is 18.5 Å². The molecule has 0 saturated carbocycles. The van der Waals surface area contributed by atoms with Gasteiger partial charge in [0, 0.05) is 18.2 Å². The van der Waals surface area contributed by atoms with Crippen LogP contribution in [0.15, 0.2) is 23.4 Å². The molecular weight excluding hydrogens is 274 g/mol. The lowest BCUT2D eigenvalue weighted by atomic mass is 10.1. The van der Waals surface area contributed by atoms with Crippen molar-refractivity contribution < 1.29 is 18.1 Å². The quantitative estimate of drug-likeness (QED) is 0.633. The van der Waals surface area contributed by atoms with Gasteiger partial charge in [0.2, 0.25) is 5.91 Å². The Morgan fingerprint density at radius 2 is 2.16 bits per heavy atom. The van der Waals surface area contributed by atoms with Gasteiger partial charge >= 0.3 is 0 Å². The van der Waals surface area contributed by atoms with Gasteiger partial charge in [0.15, 0.2) is 0 Å². The van der Waals surface area contributed by atoms with E-state index >= 15 is 0 Å². The van der Waals surface area contributed by atoms with Gasteiger partial charge in [0.1, 0.15) is 11.1 Å². The van der Waals surface area contributed by atoms with Crippen molar-refractivity contribution in [2.45, 2.75) is 25.2 Å². The maximum Gasteiger partial charge on any atom is 0.288 e. The smallest absolute Gasteiger partial charge is 0.274 e. The number of sulfonamides is 1. The van der Waals surface area contributed by atoms with Crippen LogP contribution in [-0.2, 0) is 14.8 Å². The van der Waals surface area contributed by atoms with Crippen LogP contribution in [0.25, 0.3) is 0 Å². The zero-order valence-corrected chi connectivity index (χ0v) is 11.2. The van der Waals surface area contributed by atoms with E-state index in [1.807, 2.05) is 4.72 Å². The van der Waals surface area contributed by atoms with Crippen LogP contribution in [0.2, 0.25) is 0 Å². The molecule has 0 fully saturated rings. The van der Waals surface area contributed by atoms with Gasteiger partial charge in [0.05, 0.1) is 4.92 Å². The summed E-state index contributed by atoms with van der Waals surface area (Å²) in [6.07, 6.45) is 2.35. The first-order valence-corrected chi connectivity index (χ1v) is 6.92. The predicted molar refractivity (Wildman–Crippen MR) is 65.7 cm³/mol. The molecule has 1 unspecified atom stereocenters. The van der Waals surface area contributed by atoms with Gasteiger partial charge in [-0.1, -0.05) is 13.8 Å². The summed E-state index contributed by atoms with van der Waals surface area (Å²) in [5.74, 6) is -1.13. The molecule has 0 aromatic carbocycles. The standard InChI is InChI=1S/C10H13N3O5S/c1-3-7(2)10(14)12-19(17,18)9-4-8(13(15)16)5-11-6-9/h4-7H,3H2,1-2H3,(H,12,14). The molecule has 0 aliphatic heterocycles. The van der Waals surface area contributed by atoms with Crippen LogP contribution in [0.4, 0.5) is 5.69 Å². The van der Waals surface area contributed by atoms with E-state index in [4.69, 9.17) is 0 Å². The topological polar surface area (TPSA) is 119 Å². The van der Waals surface area contributed by atoms with Crippen LogP contribution >= 0.6 is 0 Å². The van der Waals surface area contributed by atoms with Crippen molar-refractivity contribution in [3.63, 3.8) is 0 Å². The summed E-state index contributed by atoms with van der Waals surface area (Å²) >= 11 is 0. The SMILES string of the molecule is CCC(C)C(=O)NS(=O)(=O)c1cncc([N+](=O)[O-])c1. The summed E-state index contributed by atoms with van der Waals surface area (Å²) in [7, 11) is -4.14. The Morgan fingerprint density at radius 1 is 1.53 bits per heavy atom. The lowest BCUT2D eigenvalue weighted by Gasteiger charge is -2.10. The molecular formula is C10H13N3O5S. The average molecular weight is 287 g/mol. The van der Waals surface area contributed by atoms with Crippen molar-refractivity contribution in [1.82, 2.24) is 9.71 Å². The van der Waals surface area contributed by atoms with Crippen molar-refractivity contribution in [1.29, 1.82) is 0 Å². The van der Waals surface area contributed by atoms with Gasteiger partial charge in [-0.25, -0.2) is 13.1 Å². The van der Waals surface area contributed by atoms with Gasteiger partial charge in [-0.15, -0.1) is 0 Å². The second kappa shape index (κ2) is 5.74. The van der Waals surface area contributed by atoms with Crippen molar-refractivity contribution in [2.75, 3.05) is 0 Å².